The van der Waals surface area contributed by atoms with Crippen LogP contribution in [0.1, 0.15) is 43.9 Å². The maximum absolute atomic E-state index is 12.1. The second-order valence-electron chi connectivity index (χ2n) is 4.58. The number of aromatic nitrogens is 2. The predicted octanol–water partition coefficient (Wildman–Crippen LogP) is 1.30. The zero-order chi connectivity index (χ0) is 14.6. The van der Waals surface area contributed by atoms with Crippen molar-refractivity contribution in [1.82, 2.24) is 15.1 Å². The summed E-state index contributed by atoms with van der Waals surface area (Å²) in [7, 11) is 0. The Morgan fingerprint density at radius 3 is 2.53 bits per heavy atom. The maximum Gasteiger partial charge on any atom is 0.308 e. The van der Waals surface area contributed by atoms with Gasteiger partial charge in [0.15, 0.2) is 0 Å². The van der Waals surface area contributed by atoms with Crippen LogP contribution in [0.25, 0.3) is 0 Å². The summed E-state index contributed by atoms with van der Waals surface area (Å²) in [5.74, 6) is -1.84. The van der Waals surface area contributed by atoms with Gasteiger partial charge < -0.3 is 10.4 Å². The minimum Gasteiger partial charge on any atom is -0.481 e. The van der Waals surface area contributed by atoms with Gasteiger partial charge in [-0.15, -0.1) is 0 Å². The topological polar surface area (TPSA) is 84.2 Å². The van der Waals surface area contributed by atoms with Crippen molar-refractivity contribution in [3.05, 3.63) is 17.5 Å². The van der Waals surface area contributed by atoms with E-state index in [-0.39, 0.29) is 5.91 Å². The van der Waals surface area contributed by atoms with Crippen LogP contribution < -0.4 is 5.32 Å². The van der Waals surface area contributed by atoms with Gasteiger partial charge in [0, 0.05) is 12.6 Å². The van der Waals surface area contributed by atoms with Crippen molar-refractivity contribution in [3.63, 3.8) is 0 Å². The van der Waals surface area contributed by atoms with Gasteiger partial charge in [0.05, 0.1) is 11.6 Å². The Morgan fingerprint density at radius 2 is 2.05 bits per heavy atom. The van der Waals surface area contributed by atoms with Gasteiger partial charge in [-0.2, -0.15) is 5.10 Å². The molecule has 1 amide bonds. The van der Waals surface area contributed by atoms with Crippen molar-refractivity contribution >= 4 is 11.9 Å². The lowest BCUT2D eigenvalue weighted by Gasteiger charge is -2.17. The molecule has 1 aromatic rings. The van der Waals surface area contributed by atoms with Crippen LogP contribution in [0, 0.1) is 5.92 Å². The molecule has 2 atom stereocenters. The van der Waals surface area contributed by atoms with E-state index in [2.05, 4.69) is 10.4 Å². The van der Waals surface area contributed by atoms with Crippen molar-refractivity contribution in [2.75, 3.05) is 0 Å². The molecule has 1 heterocycles. The number of hydrogen-bond donors (Lipinski definition) is 2. The van der Waals surface area contributed by atoms with Crippen LogP contribution in [0.15, 0.2) is 6.07 Å². The smallest absolute Gasteiger partial charge is 0.308 e. The quantitative estimate of drug-likeness (QED) is 0.813. The molecule has 6 nitrogen and oxygen atoms in total. The Kier molecular flexibility index (Phi) is 5.09. The highest BCUT2D eigenvalue weighted by molar-refractivity contribution is 5.93. The van der Waals surface area contributed by atoms with Gasteiger partial charge >= 0.3 is 5.97 Å². The van der Waals surface area contributed by atoms with Crippen LogP contribution >= 0.6 is 0 Å². The molecule has 0 fully saturated rings. The average molecular weight is 267 g/mol. The van der Waals surface area contributed by atoms with Crippen LogP contribution in [0.5, 0.6) is 0 Å². The molecule has 0 saturated heterocycles. The molecule has 19 heavy (non-hydrogen) atoms. The van der Waals surface area contributed by atoms with Crippen molar-refractivity contribution < 1.29 is 14.7 Å². The Balaban J connectivity index is 2.83. The summed E-state index contributed by atoms with van der Waals surface area (Å²) in [6.45, 7) is 7.74. The molecule has 2 unspecified atom stereocenters. The molecule has 0 aliphatic carbocycles. The van der Waals surface area contributed by atoms with Crippen molar-refractivity contribution in [3.8, 4) is 0 Å². The zero-order valence-corrected chi connectivity index (χ0v) is 11.8. The predicted molar refractivity (Wildman–Crippen MR) is 71.0 cm³/mol. The third-order valence-corrected chi connectivity index (χ3v) is 3.22. The van der Waals surface area contributed by atoms with E-state index in [0.717, 1.165) is 12.1 Å². The van der Waals surface area contributed by atoms with Crippen molar-refractivity contribution in [1.29, 1.82) is 0 Å². The van der Waals surface area contributed by atoms with E-state index in [9.17, 15) is 9.59 Å². The van der Waals surface area contributed by atoms with Crippen LogP contribution in [0.4, 0.5) is 0 Å². The minimum atomic E-state index is -0.925. The van der Waals surface area contributed by atoms with Gasteiger partial charge in [-0.05, 0) is 33.3 Å². The molecular formula is C13H21N3O3. The third kappa shape index (κ3) is 3.56. The van der Waals surface area contributed by atoms with Crippen LogP contribution in [0.3, 0.4) is 0 Å². The first-order valence-corrected chi connectivity index (χ1v) is 6.51. The largest absolute Gasteiger partial charge is 0.481 e. The Hall–Kier alpha value is -1.85. The van der Waals surface area contributed by atoms with Crippen LogP contribution in [-0.2, 0) is 17.8 Å². The summed E-state index contributed by atoms with van der Waals surface area (Å²) in [6, 6.07) is 1.31. The Morgan fingerprint density at radius 1 is 1.42 bits per heavy atom. The molecule has 0 aliphatic heterocycles. The number of carboxylic acid groups (broad SMARTS) is 1. The van der Waals surface area contributed by atoms with Gasteiger partial charge in [0.1, 0.15) is 5.69 Å². The summed E-state index contributed by atoms with van der Waals surface area (Å²) >= 11 is 0. The number of nitrogens with zero attached hydrogens (tertiary/aromatic N) is 2. The van der Waals surface area contributed by atoms with Gasteiger partial charge in [0.2, 0.25) is 0 Å². The second-order valence-corrected chi connectivity index (χ2v) is 4.58. The summed E-state index contributed by atoms with van der Waals surface area (Å²) in [5.41, 5.74) is 1.33. The number of aryl methyl sites for hydroxylation is 2. The lowest BCUT2D eigenvalue weighted by atomic mass is 10.0. The van der Waals surface area contributed by atoms with Crippen LogP contribution in [-0.4, -0.2) is 32.8 Å². The molecule has 6 heteroatoms. The molecule has 1 rings (SSSR count). The normalized spacial score (nSPS) is 13.9. The first-order chi connectivity index (χ1) is 8.90. The second kappa shape index (κ2) is 6.36. The summed E-state index contributed by atoms with van der Waals surface area (Å²) < 4.78 is 1.63. The molecule has 2 N–H and O–H groups in total. The first-order valence-electron chi connectivity index (χ1n) is 6.51. The lowest BCUT2D eigenvalue weighted by Crippen LogP contribution is -2.40. The van der Waals surface area contributed by atoms with Gasteiger partial charge in [-0.3, -0.25) is 14.3 Å². The molecule has 0 bridgehead atoms. The van der Waals surface area contributed by atoms with Gasteiger partial charge in [-0.25, -0.2) is 0 Å². The van der Waals surface area contributed by atoms with E-state index in [4.69, 9.17) is 5.11 Å². The fourth-order valence-electron chi connectivity index (χ4n) is 1.69. The first kappa shape index (κ1) is 15.2. The number of nitrogens with one attached hydrogen (secondary N) is 1. The zero-order valence-electron chi connectivity index (χ0n) is 11.8. The number of carbonyl (C=O) groups is 2. The van der Waals surface area contributed by atoms with Gasteiger partial charge in [0.25, 0.3) is 5.91 Å². The molecule has 0 aromatic carbocycles. The highest BCUT2D eigenvalue weighted by Crippen LogP contribution is 2.08. The van der Waals surface area contributed by atoms with E-state index in [1.165, 1.54) is 0 Å². The average Bonchev–Trinajstić information content (AvgIpc) is 2.80. The van der Waals surface area contributed by atoms with Gasteiger partial charge in [-0.1, -0.05) is 6.92 Å². The standard InChI is InChI=1S/C13H21N3O3/c1-5-10-7-11(16(6-2)15-10)12(17)14-9(4)8(3)13(18)19/h7-9H,5-6H2,1-4H3,(H,14,17)(H,18,19). The Bertz CT molecular complexity index is 468. The van der Waals surface area contributed by atoms with E-state index >= 15 is 0 Å². The van der Waals surface area contributed by atoms with Crippen LogP contribution in [0.2, 0.25) is 0 Å². The molecule has 0 spiro atoms. The summed E-state index contributed by atoms with van der Waals surface area (Å²) in [4.78, 5) is 23.0. The molecule has 0 radical (unpaired) electrons. The SMILES string of the molecule is CCc1cc(C(=O)NC(C)C(C)C(=O)O)n(CC)n1. The molecule has 0 saturated carbocycles. The molecule has 0 aliphatic rings. The van der Waals surface area contributed by atoms with E-state index in [0.29, 0.717) is 12.2 Å². The monoisotopic (exact) mass is 267 g/mol. The van der Waals surface area contributed by atoms with E-state index in [1.54, 1.807) is 24.6 Å². The summed E-state index contributed by atoms with van der Waals surface area (Å²) in [6.07, 6.45) is 0.758. The lowest BCUT2D eigenvalue weighted by molar-refractivity contribution is -0.141. The van der Waals surface area contributed by atoms with Crippen molar-refractivity contribution in [2.24, 2.45) is 5.92 Å². The Labute approximate surface area is 112 Å². The number of hydrogen-bond acceptors (Lipinski definition) is 3. The number of carbonyl (C=O) groups excluding carboxylic acids is 1. The molecule has 1 aromatic heterocycles. The minimum absolute atomic E-state index is 0.283. The van der Waals surface area contributed by atoms with Crippen molar-refractivity contribution in [2.45, 2.75) is 46.7 Å². The van der Waals surface area contributed by atoms with E-state index in [1.807, 2.05) is 13.8 Å². The fourth-order valence-corrected chi connectivity index (χ4v) is 1.69. The molecule has 106 valence electrons. The molecular weight excluding hydrogens is 246 g/mol. The number of aliphatic carboxylic acids is 1. The number of carboxylic acids is 1. The summed E-state index contributed by atoms with van der Waals surface area (Å²) in [5, 5.41) is 15.9. The fraction of sp³-hybridized carbons (Fsp3) is 0.615. The highest BCUT2D eigenvalue weighted by atomic mass is 16.4. The number of amides is 1. The van der Waals surface area contributed by atoms with E-state index < -0.39 is 17.9 Å². The number of rotatable bonds is 6. The maximum atomic E-state index is 12.1. The highest BCUT2D eigenvalue weighted by Gasteiger charge is 2.23. The third-order valence-electron chi connectivity index (χ3n) is 3.22.